The molecule has 1 aliphatic rings. The fourth-order valence-corrected chi connectivity index (χ4v) is 1.81. The molecule has 0 heterocycles. The lowest BCUT2D eigenvalue weighted by atomic mass is 9.96. The minimum absolute atomic E-state index is 0.329. The average molecular weight is 240 g/mol. The van der Waals surface area contributed by atoms with Crippen LogP contribution < -0.4 is 5.48 Å². The first kappa shape index (κ1) is 11.0. The third-order valence-electron chi connectivity index (χ3n) is 2.74. The Kier molecular flexibility index (Phi) is 2.83. The normalized spacial score (nSPS) is 16.3. The summed E-state index contributed by atoms with van der Waals surface area (Å²) in [6.45, 7) is 0. The van der Waals surface area contributed by atoms with Gasteiger partial charge in [0.1, 0.15) is 0 Å². The zero-order valence-electron chi connectivity index (χ0n) is 8.40. The van der Waals surface area contributed by atoms with Crippen molar-refractivity contribution in [2.45, 2.75) is 18.3 Å². The third-order valence-corrected chi connectivity index (χ3v) is 2.99. The van der Waals surface area contributed by atoms with Crippen LogP contribution in [0.3, 0.4) is 0 Å². The Hall–Kier alpha value is -1.55. The number of halogens is 1. The zero-order valence-corrected chi connectivity index (χ0v) is 9.16. The van der Waals surface area contributed by atoms with Gasteiger partial charge >= 0.3 is 5.97 Å². The van der Waals surface area contributed by atoms with E-state index in [9.17, 15) is 9.59 Å². The molecule has 0 saturated heterocycles. The van der Waals surface area contributed by atoms with E-state index < -0.39 is 11.4 Å². The second kappa shape index (κ2) is 4.14. The van der Waals surface area contributed by atoms with Crippen LogP contribution in [0.5, 0.6) is 0 Å². The molecule has 1 fully saturated rings. The molecule has 0 radical (unpaired) electrons. The molecule has 0 spiro atoms. The molecule has 2 rings (SSSR count). The van der Waals surface area contributed by atoms with Crippen molar-refractivity contribution in [2.75, 3.05) is 0 Å². The second-order valence-corrected chi connectivity index (χ2v) is 4.15. The third kappa shape index (κ3) is 1.88. The van der Waals surface area contributed by atoms with Gasteiger partial charge in [0.25, 0.3) is 0 Å². The summed E-state index contributed by atoms with van der Waals surface area (Å²) in [4.78, 5) is 26.3. The highest BCUT2D eigenvalue weighted by Crippen LogP contribution is 2.49. The smallest absolute Gasteiger partial charge is 0.340 e. The van der Waals surface area contributed by atoms with Crippen molar-refractivity contribution in [3.8, 4) is 0 Å². The van der Waals surface area contributed by atoms with Crippen LogP contribution >= 0.6 is 11.6 Å². The molecule has 1 aliphatic carbocycles. The molecule has 5 heteroatoms. The first-order chi connectivity index (χ1) is 7.69. The summed E-state index contributed by atoms with van der Waals surface area (Å²) in [6, 6.07) is 7.07. The number of carbonyl (C=O) groups excluding carboxylic acids is 2. The van der Waals surface area contributed by atoms with Crippen LogP contribution in [0.15, 0.2) is 24.3 Å². The van der Waals surface area contributed by atoms with E-state index in [4.69, 9.17) is 11.6 Å². The number of benzene rings is 1. The monoisotopic (exact) mass is 239 g/mol. The Labute approximate surface area is 97.5 Å². The minimum atomic E-state index is -0.597. The minimum Gasteiger partial charge on any atom is -0.340 e. The number of rotatable bonds is 4. The standard InChI is InChI=1S/C11H10ClNO3/c12-9-3-1-8(2-4-9)11(5-6-11)10(15)16-13-7-14/h1-4,7H,5-6H2,(H,13,14). The van der Waals surface area contributed by atoms with Crippen molar-refractivity contribution in [2.24, 2.45) is 0 Å². The van der Waals surface area contributed by atoms with Crippen LogP contribution in [-0.4, -0.2) is 12.4 Å². The first-order valence-electron chi connectivity index (χ1n) is 4.85. The molecule has 1 amide bonds. The SMILES string of the molecule is O=CNOC(=O)C1(c2ccc(Cl)cc2)CC1. The maximum absolute atomic E-state index is 11.7. The molecule has 1 N–H and O–H groups in total. The zero-order chi connectivity index (χ0) is 11.6. The highest BCUT2D eigenvalue weighted by molar-refractivity contribution is 6.30. The Bertz CT molecular complexity index is 412. The lowest BCUT2D eigenvalue weighted by Gasteiger charge is -2.13. The van der Waals surface area contributed by atoms with Crippen LogP contribution in [0, 0.1) is 0 Å². The van der Waals surface area contributed by atoms with Crippen molar-refractivity contribution in [3.05, 3.63) is 34.9 Å². The summed E-state index contributed by atoms with van der Waals surface area (Å²) in [5, 5.41) is 0.624. The Morgan fingerprint density at radius 2 is 2.00 bits per heavy atom. The molecular weight excluding hydrogens is 230 g/mol. The van der Waals surface area contributed by atoms with E-state index in [2.05, 4.69) is 4.84 Å². The fourth-order valence-electron chi connectivity index (χ4n) is 1.68. The fraction of sp³-hybridized carbons (Fsp3) is 0.273. The van der Waals surface area contributed by atoms with E-state index in [1.54, 1.807) is 24.3 Å². The van der Waals surface area contributed by atoms with Gasteiger partial charge in [-0.05, 0) is 30.5 Å². The molecule has 0 bridgehead atoms. The quantitative estimate of drug-likeness (QED) is 0.641. The van der Waals surface area contributed by atoms with Crippen LogP contribution in [0.25, 0.3) is 0 Å². The molecule has 0 aliphatic heterocycles. The van der Waals surface area contributed by atoms with Gasteiger partial charge in [0.15, 0.2) is 0 Å². The van der Waals surface area contributed by atoms with Crippen molar-refractivity contribution in [1.29, 1.82) is 0 Å². The van der Waals surface area contributed by atoms with Gasteiger partial charge in [0.2, 0.25) is 6.41 Å². The number of hydrogen-bond donors (Lipinski definition) is 1. The predicted octanol–water partition coefficient (Wildman–Crippen LogP) is 1.58. The molecule has 1 aromatic rings. The molecule has 0 unspecified atom stereocenters. The Balaban J connectivity index is 2.16. The van der Waals surface area contributed by atoms with Gasteiger partial charge in [0.05, 0.1) is 5.41 Å². The number of carbonyl (C=O) groups is 2. The molecule has 0 atom stereocenters. The number of hydroxylamine groups is 1. The van der Waals surface area contributed by atoms with Crippen molar-refractivity contribution in [3.63, 3.8) is 0 Å². The second-order valence-electron chi connectivity index (χ2n) is 3.71. The predicted molar refractivity (Wildman–Crippen MR) is 57.7 cm³/mol. The van der Waals surface area contributed by atoms with Crippen LogP contribution in [0.4, 0.5) is 0 Å². The van der Waals surface area contributed by atoms with Gasteiger partial charge in [-0.15, -0.1) is 0 Å². The van der Waals surface area contributed by atoms with Gasteiger partial charge in [-0.1, -0.05) is 23.7 Å². The Morgan fingerprint density at radius 1 is 1.38 bits per heavy atom. The lowest BCUT2D eigenvalue weighted by molar-refractivity contribution is -0.157. The summed E-state index contributed by atoms with van der Waals surface area (Å²) in [7, 11) is 0. The Morgan fingerprint density at radius 3 is 2.50 bits per heavy atom. The van der Waals surface area contributed by atoms with E-state index in [1.807, 2.05) is 5.48 Å². The molecule has 84 valence electrons. The largest absolute Gasteiger partial charge is 0.342 e. The number of hydrogen-bond acceptors (Lipinski definition) is 3. The first-order valence-corrected chi connectivity index (χ1v) is 5.23. The lowest BCUT2D eigenvalue weighted by Crippen LogP contribution is -2.28. The topological polar surface area (TPSA) is 55.4 Å². The van der Waals surface area contributed by atoms with Crippen molar-refractivity contribution >= 4 is 24.0 Å². The molecule has 0 aromatic heterocycles. The van der Waals surface area contributed by atoms with Crippen molar-refractivity contribution in [1.82, 2.24) is 5.48 Å². The van der Waals surface area contributed by atoms with Gasteiger partial charge in [0, 0.05) is 5.02 Å². The van der Waals surface area contributed by atoms with Crippen LogP contribution in [0.1, 0.15) is 18.4 Å². The van der Waals surface area contributed by atoms with E-state index in [1.165, 1.54) is 0 Å². The summed E-state index contributed by atoms with van der Waals surface area (Å²) < 4.78 is 0. The van der Waals surface area contributed by atoms with E-state index in [0.717, 1.165) is 18.4 Å². The maximum Gasteiger partial charge on any atom is 0.342 e. The van der Waals surface area contributed by atoms with Gasteiger partial charge in [-0.3, -0.25) is 4.79 Å². The molecule has 1 aromatic carbocycles. The van der Waals surface area contributed by atoms with Crippen LogP contribution in [0.2, 0.25) is 5.02 Å². The number of amides is 1. The average Bonchev–Trinajstić information content (AvgIpc) is 3.08. The summed E-state index contributed by atoms with van der Waals surface area (Å²) in [5.41, 5.74) is 2.19. The summed E-state index contributed by atoms with van der Waals surface area (Å²) >= 11 is 5.77. The molecule has 1 saturated carbocycles. The summed E-state index contributed by atoms with van der Waals surface area (Å²) in [5.74, 6) is -0.429. The van der Waals surface area contributed by atoms with Gasteiger partial charge in [-0.2, -0.15) is 5.48 Å². The highest BCUT2D eigenvalue weighted by atomic mass is 35.5. The van der Waals surface area contributed by atoms with E-state index in [0.29, 0.717) is 11.4 Å². The van der Waals surface area contributed by atoms with Gasteiger partial charge < -0.3 is 4.84 Å². The van der Waals surface area contributed by atoms with Crippen LogP contribution in [-0.2, 0) is 19.8 Å². The summed E-state index contributed by atoms with van der Waals surface area (Å²) in [6.07, 6.45) is 1.79. The van der Waals surface area contributed by atoms with E-state index in [-0.39, 0.29) is 0 Å². The highest BCUT2D eigenvalue weighted by Gasteiger charge is 2.53. The molecule has 4 nitrogen and oxygen atoms in total. The van der Waals surface area contributed by atoms with Crippen molar-refractivity contribution < 1.29 is 14.4 Å². The number of nitrogens with one attached hydrogen (secondary N) is 1. The molecule has 16 heavy (non-hydrogen) atoms. The maximum atomic E-state index is 11.7. The van der Waals surface area contributed by atoms with E-state index >= 15 is 0 Å². The molecular formula is C11H10ClNO3. The van der Waals surface area contributed by atoms with Gasteiger partial charge in [-0.25, -0.2) is 4.79 Å².